The van der Waals surface area contributed by atoms with Crippen molar-refractivity contribution in [3.8, 4) is 0 Å². The monoisotopic (exact) mass is 350 g/mol. The lowest BCUT2D eigenvalue weighted by molar-refractivity contribution is 0.996. The topological polar surface area (TPSA) is 77.3 Å². The van der Waals surface area contributed by atoms with Crippen molar-refractivity contribution in [1.29, 1.82) is 0 Å². The molecule has 0 saturated carbocycles. The molecule has 6 rings (SSSR count). The lowest BCUT2D eigenvalue weighted by Gasteiger charge is -2.04. The van der Waals surface area contributed by atoms with Crippen molar-refractivity contribution in [3.05, 3.63) is 76.2 Å². The second-order valence-electron chi connectivity index (χ2n) is 6.92. The van der Waals surface area contributed by atoms with E-state index in [9.17, 15) is 0 Å². The van der Waals surface area contributed by atoms with E-state index in [0.717, 1.165) is 70.3 Å². The van der Waals surface area contributed by atoms with Crippen molar-refractivity contribution in [2.45, 2.75) is 19.3 Å². The maximum Gasteiger partial charge on any atom is 0.155 e. The minimum atomic E-state index is 0.722. The van der Waals surface area contributed by atoms with Gasteiger partial charge in [0.2, 0.25) is 0 Å². The number of aromatic nitrogens is 6. The predicted octanol–water partition coefficient (Wildman–Crippen LogP) is 2.82. The Morgan fingerprint density at radius 1 is 0.852 bits per heavy atom. The molecule has 0 fully saturated rings. The van der Waals surface area contributed by atoms with Gasteiger partial charge in [-0.05, 0) is 29.4 Å². The van der Waals surface area contributed by atoms with E-state index >= 15 is 0 Å². The summed E-state index contributed by atoms with van der Waals surface area (Å²) in [6, 6.07) is 2.00. The highest BCUT2D eigenvalue weighted by molar-refractivity contribution is 5.88. The summed E-state index contributed by atoms with van der Waals surface area (Å²) in [7, 11) is 0. The SMILES string of the molecule is C1=Cc2cnc(C3=Cc4nc(C5=Cc6nnccc6C5)cnc4C3)nc2C1. The number of fused-ring (bicyclic) bond motifs is 3. The van der Waals surface area contributed by atoms with Crippen LogP contribution in [0.2, 0.25) is 0 Å². The number of hydrogen-bond acceptors (Lipinski definition) is 6. The van der Waals surface area contributed by atoms with Gasteiger partial charge in [-0.3, -0.25) is 4.98 Å². The van der Waals surface area contributed by atoms with Gasteiger partial charge in [-0.2, -0.15) is 10.2 Å². The highest BCUT2D eigenvalue weighted by Crippen LogP contribution is 2.32. The average molecular weight is 350 g/mol. The molecular formula is C21H14N6. The van der Waals surface area contributed by atoms with Crippen LogP contribution < -0.4 is 0 Å². The molecule has 0 bridgehead atoms. The number of hydrogen-bond donors (Lipinski definition) is 0. The van der Waals surface area contributed by atoms with Crippen LogP contribution in [-0.2, 0) is 19.3 Å². The average Bonchev–Trinajstić information content (AvgIpc) is 3.42. The first-order valence-electron chi connectivity index (χ1n) is 8.94. The Morgan fingerprint density at radius 3 is 2.78 bits per heavy atom. The molecule has 0 unspecified atom stereocenters. The van der Waals surface area contributed by atoms with E-state index in [2.05, 4.69) is 44.5 Å². The Labute approximate surface area is 155 Å². The molecule has 3 aromatic heterocycles. The van der Waals surface area contributed by atoms with Crippen molar-refractivity contribution >= 4 is 29.4 Å². The molecule has 6 nitrogen and oxygen atoms in total. The maximum absolute atomic E-state index is 4.84. The van der Waals surface area contributed by atoms with Gasteiger partial charge in [0.1, 0.15) is 0 Å². The Morgan fingerprint density at radius 2 is 1.81 bits per heavy atom. The molecule has 0 aromatic carbocycles. The summed E-state index contributed by atoms with van der Waals surface area (Å²) >= 11 is 0. The van der Waals surface area contributed by atoms with Crippen LogP contribution in [0.15, 0.2) is 30.7 Å². The molecule has 3 aliphatic carbocycles. The van der Waals surface area contributed by atoms with Crippen LogP contribution in [0.5, 0.6) is 0 Å². The highest BCUT2D eigenvalue weighted by atomic mass is 15.1. The van der Waals surface area contributed by atoms with Gasteiger partial charge in [0, 0.05) is 42.8 Å². The maximum atomic E-state index is 4.84. The summed E-state index contributed by atoms with van der Waals surface area (Å²) in [6.45, 7) is 0. The standard InChI is InChI=1S/C21H14N6/c1-2-13-10-23-21(26-16(13)3-1)15-8-18-19(9-15)25-20(11-22-18)14-6-12-4-5-24-27-17(12)7-14/h1-2,4-5,7,9-11H,3,6,8H2. The van der Waals surface area contributed by atoms with Crippen molar-refractivity contribution < 1.29 is 0 Å². The Hall–Kier alpha value is -3.54. The van der Waals surface area contributed by atoms with Crippen LogP contribution in [0.25, 0.3) is 29.4 Å². The molecule has 128 valence electrons. The van der Waals surface area contributed by atoms with E-state index in [1.807, 2.05) is 18.5 Å². The zero-order valence-corrected chi connectivity index (χ0v) is 14.4. The lowest BCUT2D eigenvalue weighted by Crippen LogP contribution is -2.00. The van der Waals surface area contributed by atoms with Gasteiger partial charge in [-0.1, -0.05) is 12.2 Å². The largest absolute Gasteiger partial charge is 0.256 e. The van der Waals surface area contributed by atoms with Gasteiger partial charge in [0.05, 0.1) is 34.7 Å². The first-order valence-corrected chi connectivity index (χ1v) is 8.94. The molecule has 0 N–H and O–H groups in total. The van der Waals surface area contributed by atoms with Gasteiger partial charge >= 0.3 is 0 Å². The van der Waals surface area contributed by atoms with Crippen LogP contribution in [0.3, 0.4) is 0 Å². The van der Waals surface area contributed by atoms with Gasteiger partial charge in [-0.25, -0.2) is 15.0 Å². The van der Waals surface area contributed by atoms with E-state index in [1.165, 1.54) is 5.56 Å². The van der Waals surface area contributed by atoms with Gasteiger partial charge in [-0.15, -0.1) is 0 Å². The van der Waals surface area contributed by atoms with Crippen molar-refractivity contribution in [1.82, 2.24) is 30.1 Å². The second kappa shape index (κ2) is 5.48. The Kier molecular flexibility index (Phi) is 2.96. The zero-order valence-electron chi connectivity index (χ0n) is 14.4. The molecule has 0 atom stereocenters. The van der Waals surface area contributed by atoms with Gasteiger partial charge in [0.15, 0.2) is 5.82 Å². The fourth-order valence-electron chi connectivity index (χ4n) is 3.78. The fourth-order valence-corrected chi connectivity index (χ4v) is 3.78. The first-order chi connectivity index (χ1) is 13.3. The van der Waals surface area contributed by atoms with E-state index in [1.54, 1.807) is 6.20 Å². The molecule has 6 heteroatoms. The zero-order chi connectivity index (χ0) is 17.8. The van der Waals surface area contributed by atoms with E-state index in [-0.39, 0.29) is 0 Å². The second-order valence-corrected chi connectivity index (χ2v) is 6.92. The summed E-state index contributed by atoms with van der Waals surface area (Å²) in [5.74, 6) is 0.779. The normalized spacial score (nSPS) is 16.0. The summed E-state index contributed by atoms with van der Waals surface area (Å²) < 4.78 is 0. The van der Waals surface area contributed by atoms with E-state index in [4.69, 9.17) is 9.97 Å². The van der Waals surface area contributed by atoms with Crippen molar-refractivity contribution in [2.75, 3.05) is 0 Å². The highest BCUT2D eigenvalue weighted by Gasteiger charge is 2.22. The number of rotatable bonds is 2. The van der Waals surface area contributed by atoms with E-state index in [0.29, 0.717) is 0 Å². The third-order valence-corrected chi connectivity index (χ3v) is 5.20. The summed E-state index contributed by atoms with van der Waals surface area (Å²) in [5.41, 5.74) is 9.29. The minimum absolute atomic E-state index is 0.722. The van der Waals surface area contributed by atoms with Crippen LogP contribution in [0, 0.1) is 0 Å². The van der Waals surface area contributed by atoms with E-state index < -0.39 is 0 Å². The molecule has 0 saturated heterocycles. The molecular weight excluding hydrogens is 336 g/mol. The summed E-state index contributed by atoms with van der Waals surface area (Å²) in [6.07, 6.45) is 16.2. The van der Waals surface area contributed by atoms with Gasteiger partial charge < -0.3 is 0 Å². The molecule has 27 heavy (non-hydrogen) atoms. The third-order valence-electron chi connectivity index (χ3n) is 5.20. The fraction of sp³-hybridized carbons (Fsp3) is 0.143. The smallest absolute Gasteiger partial charge is 0.155 e. The molecule has 0 aliphatic heterocycles. The Bertz CT molecular complexity index is 1210. The molecule has 0 radical (unpaired) electrons. The number of allylic oxidation sites excluding steroid dienone is 3. The van der Waals surface area contributed by atoms with Crippen molar-refractivity contribution in [3.63, 3.8) is 0 Å². The summed E-state index contributed by atoms with van der Waals surface area (Å²) in [4.78, 5) is 18.7. The molecule has 3 heterocycles. The third kappa shape index (κ3) is 2.33. The molecule has 3 aliphatic rings. The lowest BCUT2D eigenvalue weighted by atomic mass is 10.1. The van der Waals surface area contributed by atoms with Crippen LogP contribution in [0.1, 0.15) is 45.4 Å². The Balaban J connectivity index is 1.33. The van der Waals surface area contributed by atoms with Crippen molar-refractivity contribution in [2.24, 2.45) is 0 Å². The van der Waals surface area contributed by atoms with Crippen LogP contribution in [-0.4, -0.2) is 30.1 Å². The van der Waals surface area contributed by atoms with Crippen LogP contribution in [0.4, 0.5) is 0 Å². The molecule has 0 spiro atoms. The molecule has 0 amide bonds. The number of nitrogens with zero attached hydrogens (tertiary/aromatic N) is 6. The van der Waals surface area contributed by atoms with Crippen LogP contribution >= 0.6 is 0 Å². The first kappa shape index (κ1) is 14.6. The quantitative estimate of drug-likeness (QED) is 0.707. The van der Waals surface area contributed by atoms with Gasteiger partial charge in [0.25, 0.3) is 0 Å². The predicted molar refractivity (Wildman–Crippen MR) is 102 cm³/mol. The molecule has 3 aromatic rings. The summed E-state index contributed by atoms with van der Waals surface area (Å²) in [5, 5.41) is 8.13. The minimum Gasteiger partial charge on any atom is -0.256 e.